The Hall–Kier alpha value is -3.47. The number of halogens is 2. The van der Waals surface area contributed by atoms with Crippen LogP contribution < -0.4 is 10.6 Å². The van der Waals surface area contributed by atoms with E-state index in [0.29, 0.717) is 5.82 Å². The molecule has 25 heavy (non-hydrogen) atoms. The number of aromatic nitrogens is 3. The molecule has 0 amide bonds. The highest BCUT2D eigenvalue weighted by atomic mass is 19.1. The Morgan fingerprint density at radius 2 is 1.92 bits per heavy atom. The van der Waals surface area contributed by atoms with Crippen LogP contribution in [0.5, 0.6) is 0 Å². The predicted molar refractivity (Wildman–Crippen MR) is 89.2 cm³/mol. The van der Waals surface area contributed by atoms with Crippen LogP contribution in [0.15, 0.2) is 42.6 Å². The Balaban J connectivity index is 1.88. The fourth-order valence-electron chi connectivity index (χ4n) is 2.26. The van der Waals surface area contributed by atoms with E-state index in [1.807, 2.05) is 13.0 Å². The van der Waals surface area contributed by atoms with Crippen LogP contribution in [-0.2, 0) is 0 Å². The van der Waals surface area contributed by atoms with Gasteiger partial charge in [0.05, 0.1) is 5.56 Å². The number of nitrogens with one attached hydrogen (secondary N) is 3. The van der Waals surface area contributed by atoms with Crippen molar-refractivity contribution in [1.82, 2.24) is 15.2 Å². The van der Waals surface area contributed by atoms with Crippen LogP contribution in [0.25, 0.3) is 0 Å². The molecule has 0 spiro atoms. The molecule has 8 heteroatoms. The van der Waals surface area contributed by atoms with Crippen LogP contribution in [-0.4, -0.2) is 15.2 Å². The minimum atomic E-state index is -0.667. The van der Waals surface area contributed by atoms with Crippen molar-refractivity contribution in [2.75, 3.05) is 10.6 Å². The lowest BCUT2D eigenvalue weighted by atomic mass is 10.1. The van der Waals surface area contributed by atoms with Gasteiger partial charge in [-0.1, -0.05) is 12.1 Å². The first-order valence-corrected chi connectivity index (χ1v) is 7.46. The minimum Gasteiger partial charge on any atom is -0.362 e. The summed E-state index contributed by atoms with van der Waals surface area (Å²) < 4.78 is 27.2. The van der Waals surface area contributed by atoms with Gasteiger partial charge in [0.25, 0.3) is 0 Å². The van der Waals surface area contributed by atoms with E-state index in [1.54, 1.807) is 24.4 Å². The zero-order chi connectivity index (χ0) is 17.8. The van der Waals surface area contributed by atoms with Gasteiger partial charge in [0.15, 0.2) is 17.5 Å². The van der Waals surface area contributed by atoms with E-state index in [9.17, 15) is 14.0 Å². The normalized spacial score (nSPS) is 11.6. The molecule has 0 saturated carbocycles. The molecule has 3 aromatic rings. The topological polar surface area (TPSA) is 89.4 Å². The van der Waals surface area contributed by atoms with Gasteiger partial charge in [-0.05, 0) is 30.7 Å². The number of anilines is 3. The fraction of sp³-hybridized carbons (Fsp3) is 0.118. The lowest BCUT2D eigenvalue weighted by Crippen LogP contribution is -2.11. The summed E-state index contributed by atoms with van der Waals surface area (Å²) in [6, 6.07) is 10.3. The molecule has 3 N–H and O–H groups in total. The SMILES string of the molecule is CC(Nc1nc(Nc2cc[nH]n2)c(F)cc1C#N)c1ccc(F)cc1. The smallest absolute Gasteiger partial charge is 0.170 e. The molecule has 3 rings (SSSR count). The number of benzene rings is 1. The third kappa shape index (κ3) is 3.72. The standard InChI is InChI=1S/C17H14F2N6/c1-10(11-2-4-13(18)5-3-11)22-16-12(9-20)8-14(19)17(24-16)23-15-6-7-21-25-15/h2-8,10H,1H3,(H3,21,22,23,24,25). The van der Waals surface area contributed by atoms with Gasteiger partial charge < -0.3 is 10.6 Å². The number of H-pyrrole nitrogens is 1. The zero-order valence-corrected chi connectivity index (χ0v) is 13.2. The summed E-state index contributed by atoms with van der Waals surface area (Å²) in [5.41, 5.74) is 0.872. The lowest BCUT2D eigenvalue weighted by Gasteiger charge is -2.17. The van der Waals surface area contributed by atoms with Gasteiger partial charge in [0.1, 0.15) is 17.7 Å². The van der Waals surface area contributed by atoms with Crippen molar-refractivity contribution < 1.29 is 8.78 Å². The van der Waals surface area contributed by atoms with Gasteiger partial charge in [-0.25, -0.2) is 13.8 Å². The van der Waals surface area contributed by atoms with Gasteiger partial charge in [0.2, 0.25) is 0 Å². The average molecular weight is 340 g/mol. The first kappa shape index (κ1) is 16.4. The fourth-order valence-corrected chi connectivity index (χ4v) is 2.26. The Morgan fingerprint density at radius 1 is 1.16 bits per heavy atom. The molecule has 126 valence electrons. The van der Waals surface area contributed by atoms with E-state index in [0.717, 1.165) is 11.6 Å². The first-order chi connectivity index (χ1) is 12.1. The van der Waals surface area contributed by atoms with Gasteiger partial charge in [-0.2, -0.15) is 10.4 Å². The molecule has 0 aliphatic carbocycles. The van der Waals surface area contributed by atoms with Gasteiger partial charge in [-0.15, -0.1) is 0 Å². The van der Waals surface area contributed by atoms with Gasteiger partial charge in [-0.3, -0.25) is 5.10 Å². The number of nitriles is 1. The quantitative estimate of drug-likeness (QED) is 0.656. The maximum atomic E-state index is 14.1. The van der Waals surface area contributed by atoms with Crippen molar-refractivity contribution in [3.8, 4) is 6.07 Å². The first-order valence-electron chi connectivity index (χ1n) is 7.46. The molecule has 0 bridgehead atoms. The third-order valence-corrected chi connectivity index (χ3v) is 3.57. The van der Waals surface area contributed by atoms with Crippen LogP contribution in [0.1, 0.15) is 24.1 Å². The summed E-state index contributed by atoms with van der Waals surface area (Å²) in [7, 11) is 0. The maximum Gasteiger partial charge on any atom is 0.170 e. The predicted octanol–water partition coefficient (Wildman–Crippen LogP) is 3.87. The summed E-state index contributed by atoms with van der Waals surface area (Å²) in [6.07, 6.45) is 1.58. The minimum absolute atomic E-state index is 0.0556. The van der Waals surface area contributed by atoms with E-state index in [2.05, 4.69) is 25.8 Å². The molecule has 0 fully saturated rings. The van der Waals surface area contributed by atoms with Crippen LogP contribution in [0.4, 0.5) is 26.2 Å². The summed E-state index contributed by atoms with van der Waals surface area (Å²) in [5, 5.41) is 21.5. The van der Waals surface area contributed by atoms with Crippen molar-refractivity contribution in [2.45, 2.75) is 13.0 Å². The summed E-state index contributed by atoms with van der Waals surface area (Å²) in [4.78, 5) is 4.15. The molecule has 2 aromatic heterocycles. The van der Waals surface area contributed by atoms with Gasteiger partial charge in [0, 0.05) is 18.3 Å². The van der Waals surface area contributed by atoms with Gasteiger partial charge >= 0.3 is 0 Å². The Morgan fingerprint density at radius 3 is 2.56 bits per heavy atom. The van der Waals surface area contributed by atoms with Crippen molar-refractivity contribution in [2.24, 2.45) is 0 Å². The third-order valence-electron chi connectivity index (χ3n) is 3.57. The van der Waals surface area contributed by atoms with Crippen molar-refractivity contribution >= 4 is 17.5 Å². The Labute approximate surface area is 142 Å². The molecule has 2 heterocycles. The van der Waals surface area contributed by atoms with Crippen molar-refractivity contribution in [3.63, 3.8) is 0 Å². The second kappa shape index (κ2) is 6.97. The number of aromatic amines is 1. The van der Waals surface area contributed by atoms with Crippen LogP contribution in [0, 0.1) is 23.0 Å². The number of hydrogen-bond donors (Lipinski definition) is 3. The molecule has 0 radical (unpaired) electrons. The van der Waals surface area contributed by atoms with Crippen molar-refractivity contribution in [1.29, 1.82) is 5.26 Å². The monoisotopic (exact) mass is 340 g/mol. The zero-order valence-electron chi connectivity index (χ0n) is 13.2. The summed E-state index contributed by atoms with van der Waals surface area (Å²) >= 11 is 0. The molecule has 0 aliphatic rings. The second-order valence-electron chi connectivity index (χ2n) is 5.33. The van der Waals surface area contributed by atoms with E-state index < -0.39 is 5.82 Å². The number of pyridine rings is 1. The van der Waals surface area contributed by atoms with Crippen LogP contribution >= 0.6 is 0 Å². The van der Waals surface area contributed by atoms with E-state index >= 15 is 0 Å². The molecule has 1 aromatic carbocycles. The largest absolute Gasteiger partial charge is 0.362 e. The highest BCUT2D eigenvalue weighted by molar-refractivity contribution is 5.61. The van der Waals surface area contributed by atoms with E-state index in [4.69, 9.17) is 0 Å². The molecular weight excluding hydrogens is 326 g/mol. The Kier molecular flexibility index (Phi) is 4.57. The molecule has 1 unspecified atom stereocenters. The number of nitrogens with zero attached hydrogens (tertiary/aromatic N) is 3. The summed E-state index contributed by atoms with van der Waals surface area (Å²) in [6.45, 7) is 1.83. The van der Waals surface area contributed by atoms with E-state index in [-0.39, 0.29) is 29.1 Å². The highest BCUT2D eigenvalue weighted by Gasteiger charge is 2.15. The number of rotatable bonds is 5. The maximum absolute atomic E-state index is 14.1. The Bertz CT molecular complexity index is 900. The van der Waals surface area contributed by atoms with E-state index in [1.165, 1.54) is 12.1 Å². The molecule has 1 atom stereocenters. The highest BCUT2D eigenvalue weighted by Crippen LogP contribution is 2.25. The van der Waals surface area contributed by atoms with Crippen molar-refractivity contribution in [3.05, 3.63) is 65.4 Å². The molecule has 6 nitrogen and oxygen atoms in total. The molecular formula is C17H14F2N6. The van der Waals surface area contributed by atoms with Crippen LogP contribution in [0.2, 0.25) is 0 Å². The second-order valence-corrected chi connectivity index (χ2v) is 5.33. The number of hydrogen-bond acceptors (Lipinski definition) is 5. The summed E-state index contributed by atoms with van der Waals surface area (Å²) in [5.74, 6) is -0.439. The lowest BCUT2D eigenvalue weighted by molar-refractivity contribution is 0.624. The molecule has 0 saturated heterocycles. The average Bonchev–Trinajstić information content (AvgIpc) is 3.11. The van der Waals surface area contributed by atoms with Crippen LogP contribution in [0.3, 0.4) is 0 Å². The molecule has 0 aliphatic heterocycles.